The van der Waals surface area contributed by atoms with Gasteiger partial charge in [-0.2, -0.15) is 0 Å². The first-order chi connectivity index (χ1) is 10.4. The van der Waals surface area contributed by atoms with Crippen molar-refractivity contribution in [2.75, 3.05) is 18.5 Å². The standard InChI is InChI=1S/C15H16N4OS/c1-3-11(20-7-1)9-17-15-14(12-4-2-8-21-12)18-13-10-16-5-6-19(13)15/h2,4-6,8,10-11,17H,1,3,7,9H2. The van der Waals surface area contributed by atoms with Crippen molar-refractivity contribution in [3.05, 3.63) is 36.1 Å². The normalized spacial score (nSPS) is 18.4. The van der Waals surface area contributed by atoms with Crippen LogP contribution in [0.15, 0.2) is 36.1 Å². The summed E-state index contributed by atoms with van der Waals surface area (Å²) >= 11 is 1.70. The highest BCUT2D eigenvalue weighted by molar-refractivity contribution is 7.13. The van der Waals surface area contributed by atoms with Crippen LogP contribution in [0, 0.1) is 0 Å². The summed E-state index contributed by atoms with van der Waals surface area (Å²) in [4.78, 5) is 10.0. The average Bonchev–Trinajstić information content (AvgIpc) is 3.25. The zero-order valence-electron chi connectivity index (χ0n) is 11.5. The van der Waals surface area contributed by atoms with E-state index in [2.05, 4.69) is 26.1 Å². The molecule has 4 rings (SSSR count). The van der Waals surface area contributed by atoms with E-state index in [-0.39, 0.29) is 0 Å². The molecule has 0 saturated carbocycles. The molecule has 1 aliphatic heterocycles. The first kappa shape index (κ1) is 12.8. The lowest BCUT2D eigenvalue weighted by molar-refractivity contribution is 0.120. The van der Waals surface area contributed by atoms with E-state index in [1.165, 1.54) is 0 Å². The summed E-state index contributed by atoms with van der Waals surface area (Å²) in [6, 6.07) is 4.14. The van der Waals surface area contributed by atoms with Gasteiger partial charge in [-0.25, -0.2) is 4.98 Å². The van der Waals surface area contributed by atoms with Crippen LogP contribution < -0.4 is 5.32 Å². The third kappa shape index (κ3) is 2.41. The molecule has 0 aliphatic carbocycles. The van der Waals surface area contributed by atoms with Gasteiger partial charge in [0.05, 0.1) is 17.2 Å². The van der Waals surface area contributed by atoms with E-state index in [0.717, 1.165) is 48.0 Å². The van der Waals surface area contributed by atoms with Crippen LogP contribution in [0.4, 0.5) is 5.82 Å². The van der Waals surface area contributed by atoms with Crippen molar-refractivity contribution >= 4 is 22.8 Å². The van der Waals surface area contributed by atoms with E-state index in [1.807, 2.05) is 12.3 Å². The molecule has 3 aromatic heterocycles. The highest BCUT2D eigenvalue weighted by Gasteiger charge is 2.19. The molecule has 6 heteroatoms. The van der Waals surface area contributed by atoms with E-state index in [0.29, 0.717) is 6.10 Å². The Morgan fingerprint density at radius 2 is 2.48 bits per heavy atom. The molecule has 3 aromatic rings. The molecule has 0 aromatic carbocycles. The van der Waals surface area contributed by atoms with Crippen LogP contribution in [0.5, 0.6) is 0 Å². The minimum Gasteiger partial charge on any atom is -0.376 e. The molecule has 0 radical (unpaired) electrons. The molecule has 1 N–H and O–H groups in total. The van der Waals surface area contributed by atoms with Crippen LogP contribution >= 0.6 is 11.3 Å². The summed E-state index contributed by atoms with van der Waals surface area (Å²) in [5.74, 6) is 1.02. The van der Waals surface area contributed by atoms with Crippen LogP contribution in [-0.4, -0.2) is 33.6 Å². The van der Waals surface area contributed by atoms with Gasteiger partial charge < -0.3 is 10.1 Å². The quantitative estimate of drug-likeness (QED) is 0.804. The zero-order valence-corrected chi connectivity index (χ0v) is 12.3. The number of hydrogen-bond donors (Lipinski definition) is 1. The Labute approximate surface area is 126 Å². The Hall–Kier alpha value is -1.92. The molecule has 21 heavy (non-hydrogen) atoms. The van der Waals surface area contributed by atoms with E-state index in [1.54, 1.807) is 23.7 Å². The molecule has 1 saturated heterocycles. The second kappa shape index (κ2) is 5.46. The number of hydrogen-bond acceptors (Lipinski definition) is 5. The Morgan fingerprint density at radius 3 is 3.29 bits per heavy atom. The summed E-state index contributed by atoms with van der Waals surface area (Å²) in [5, 5.41) is 5.59. The third-order valence-electron chi connectivity index (χ3n) is 3.71. The van der Waals surface area contributed by atoms with Crippen LogP contribution in [0.1, 0.15) is 12.8 Å². The highest BCUT2D eigenvalue weighted by Crippen LogP contribution is 2.31. The minimum atomic E-state index is 0.300. The van der Waals surface area contributed by atoms with E-state index >= 15 is 0 Å². The first-order valence-electron chi connectivity index (χ1n) is 7.13. The second-order valence-corrected chi connectivity index (χ2v) is 6.05. The fraction of sp³-hybridized carbons (Fsp3) is 0.333. The average molecular weight is 300 g/mol. The SMILES string of the molecule is c1csc(-c2nc3cnccn3c2NCC2CCCO2)c1. The molecule has 1 atom stereocenters. The number of fused-ring (bicyclic) bond motifs is 1. The predicted molar refractivity (Wildman–Crippen MR) is 83.8 cm³/mol. The predicted octanol–water partition coefficient (Wildman–Crippen LogP) is 3.05. The van der Waals surface area contributed by atoms with Crippen molar-refractivity contribution in [1.82, 2.24) is 14.4 Å². The van der Waals surface area contributed by atoms with Gasteiger partial charge in [-0.1, -0.05) is 6.07 Å². The number of anilines is 1. The Morgan fingerprint density at radius 1 is 1.48 bits per heavy atom. The summed E-state index contributed by atoms with van der Waals surface area (Å²) in [5.41, 5.74) is 1.84. The maximum atomic E-state index is 5.69. The van der Waals surface area contributed by atoms with Gasteiger partial charge in [-0.05, 0) is 24.3 Å². The number of ether oxygens (including phenoxy) is 1. The number of nitrogens with one attached hydrogen (secondary N) is 1. The van der Waals surface area contributed by atoms with Gasteiger partial charge in [0, 0.05) is 25.5 Å². The molecule has 0 spiro atoms. The van der Waals surface area contributed by atoms with Crippen molar-refractivity contribution < 1.29 is 4.74 Å². The van der Waals surface area contributed by atoms with Gasteiger partial charge in [0.2, 0.25) is 0 Å². The molecule has 0 amide bonds. The topological polar surface area (TPSA) is 51.5 Å². The lowest BCUT2D eigenvalue weighted by Gasteiger charge is -2.12. The Balaban J connectivity index is 1.71. The summed E-state index contributed by atoms with van der Waals surface area (Å²) in [6.07, 6.45) is 8.09. The van der Waals surface area contributed by atoms with Crippen LogP contribution in [0.3, 0.4) is 0 Å². The molecule has 1 unspecified atom stereocenters. The van der Waals surface area contributed by atoms with Crippen molar-refractivity contribution in [2.24, 2.45) is 0 Å². The van der Waals surface area contributed by atoms with Gasteiger partial charge >= 0.3 is 0 Å². The number of aromatic nitrogens is 3. The lowest BCUT2D eigenvalue weighted by atomic mass is 10.2. The van der Waals surface area contributed by atoms with Crippen molar-refractivity contribution in [3.8, 4) is 10.6 Å². The van der Waals surface area contributed by atoms with Crippen molar-refractivity contribution in [1.29, 1.82) is 0 Å². The van der Waals surface area contributed by atoms with Crippen LogP contribution in [-0.2, 0) is 4.74 Å². The molecule has 0 bridgehead atoms. The maximum Gasteiger partial charge on any atom is 0.157 e. The van der Waals surface area contributed by atoms with Crippen LogP contribution in [0.2, 0.25) is 0 Å². The van der Waals surface area contributed by atoms with Gasteiger partial charge in [0.1, 0.15) is 11.5 Å². The molecular formula is C15H16N4OS. The van der Waals surface area contributed by atoms with Gasteiger partial charge in [-0.3, -0.25) is 9.38 Å². The lowest BCUT2D eigenvalue weighted by Crippen LogP contribution is -2.19. The smallest absolute Gasteiger partial charge is 0.157 e. The maximum absolute atomic E-state index is 5.69. The van der Waals surface area contributed by atoms with E-state index in [9.17, 15) is 0 Å². The molecule has 4 heterocycles. The van der Waals surface area contributed by atoms with Gasteiger partial charge in [0.25, 0.3) is 0 Å². The number of imidazole rings is 1. The monoisotopic (exact) mass is 300 g/mol. The van der Waals surface area contributed by atoms with Crippen molar-refractivity contribution in [3.63, 3.8) is 0 Å². The van der Waals surface area contributed by atoms with E-state index < -0.39 is 0 Å². The minimum absolute atomic E-state index is 0.300. The van der Waals surface area contributed by atoms with Crippen molar-refractivity contribution in [2.45, 2.75) is 18.9 Å². The van der Waals surface area contributed by atoms with E-state index in [4.69, 9.17) is 9.72 Å². The molecular weight excluding hydrogens is 284 g/mol. The van der Waals surface area contributed by atoms with Crippen LogP contribution in [0.25, 0.3) is 16.2 Å². The highest BCUT2D eigenvalue weighted by atomic mass is 32.1. The summed E-state index contributed by atoms with van der Waals surface area (Å²) in [7, 11) is 0. The summed E-state index contributed by atoms with van der Waals surface area (Å²) in [6.45, 7) is 1.69. The fourth-order valence-corrected chi connectivity index (χ4v) is 3.39. The molecule has 1 fully saturated rings. The van der Waals surface area contributed by atoms with Gasteiger partial charge in [-0.15, -0.1) is 11.3 Å². The largest absolute Gasteiger partial charge is 0.376 e. The Bertz CT molecular complexity index is 731. The third-order valence-corrected chi connectivity index (χ3v) is 4.58. The number of nitrogens with zero attached hydrogens (tertiary/aromatic N) is 3. The number of thiophene rings is 1. The zero-order chi connectivity index (χ0) is 14.1. The molecule has 5 nitrogen and oxygen atoms in total. The summed E-state index contributed by atoms with van der Waals surface area (Å²) < 4.78 is 7.74. The molecule has 1 aliphatic rings. The first-order valence-corrected chi connectivity index (χ1v) is 8.01. The van der Waals surface area contributed by atoms with Gasteiger partial charge in [0.15, 0.2) is 5.65 Å². The fourth-order valence-electron chi connectivity index (χ4n) is 2.68. The number of rotatable bonds is 4. The Kier molecular flexibility index (Phi) is 3.33. The second-order valence-electron chi connectivity index (χ2n) is 5.11. The molecule has 108 valence electrons.